The van der Waals surface area contributed by atoms with Crippen molar-refractivity contribution in [2.24, 2.45) is 5.92 Å². The van der Waals surface area contributed by atoms with Crippen LogP contribution in [-0.4, -0.2) is 31.1 Å². The van der Waals surface area contributed by atoms with Gasteiger partial charge in [0.05, 0.1) is 5.69 Å². The summed E-state index contributed by atoms with van der Waals surface area (Å²) in [6.07, 6.45) is 3.39. The molecule has 31 heavy (non-hydrogen) atoms. The molecule has 0 aromatic heterocycles. The molecule has 3 nitrogen and oxygen atoms in total. The molecule has 1 aliphatic rings. The number of halogens is 1. The summed E-state index contributed by atoms with van der Waals surface area (Å²) in [5.41, 5.74) is 7.48. The normalized spacial score (nSPS) is 15.1. The smallest absolute Gasteiger partial charge is 0.123 e. The second-order valence-corrected chi connectivity index (χ2v) is 8.43. The minimum absolute atomic E-state index is 0.163. The molecule has 0 amide bonds. The second kappa shape index (κ2) is 11.1. The predicted octanol–water partition coefficient (Wildman–Crippen LogP) is 5.29. The molecule has 4 rings (SSSR count). The molecule has 1 fully saturated rings. The SMILES string of the molecule is Fc1ccc(CN2CCC(CNN(CCc3ccccc3)c3ccccc3)CC2)cc1. The molecule has 4 heteroatoms. The minimum atomic E-state index is -0.163. The lowest BCUT2D eigenvalue weighted by molar-refractivity contribution is 0.175. The zero-order valence-corrected chi connectivity index (χ0v) is 18.1. The number of anilines is 1. The number of likely N-dealkylation sites (tertiary alicyclic amines) is 1. The molecule has 0 atom stereocenters. The lowest BCUT2D eigenvalue weighted by Crippen LogP contribution is -2.44. The van der Waals surface area contributed by atoms with Crippen molar-refractivity contribution >= 4 is 5.69 Å². The fourth-order valence-electron chi connectivity index (χ4n) is 4.23. The lowest BCUT2D eigenvalue weighted by Gasteiger charge is -2.34. The third-order valence-corrected chi connectivity index (χ3v) is 6.13. The van der Waals surface area contributed by atoms with Gasteiger partial charge >= 0.3 is 0 Å². The maximum atomic E-state index is 13.1. The number of benzene rings is 3. The monoisotopic (exact) mass is 417 g/mol. The Morgan fingerprint density at radius 3 is 2.13 bits per heavy atom. The van der Waals surface area contributed by atoms with E-state index < -0.39 is 0 Å². The molecule has 3 aromatic carbocycles. The molecule has 0 aliphatic carbocycles. The standard InChI is InChI=1S/C27H32FN3/c28-26-13-11-25(12-14-26)22-30-18-15-24(16-19-30)21-29-31(27-9-5-2-6-10-27)20-17-23-7-3-1-4-8-23/h1-14,24,29H,15-22H2. The van der Waals surface area contributed by atoms with Crippen LogP contribution in [0.5, 0.6) is 0 Å². The van der Waals surface area contributed by atoms with Crippen molar-refractivity contribution in [1.29, 1.82) is 0 Å². The van der Waals surface area contributed by atoms with E-state index in [4.69, 9.17) is 0 Å². The average molecular weight is 418 g/mol. The quantitative estimate of drug-likeness (QED) is 0.477. The molecule has 0 unspecified atom stereocenters. The Hall–Kier alpha value is -2.69. The fraction of sp³-hybridized carbons (Fsp3) is 0.333. The van der Waals surface area contributed by atoms with Crippen LogP contribution in [-0.2, 0) is 13.0 Å². The van der Waals surface area contributed by atoms with Crippen LogP contribution in [0.15, 0.2) is 84.9 Å². The van der Waals surface area contributed by atoms with Crippen molar-refractivity contribution in [1.82, 2.24) is 10.3 Å². The zero-order chi connectivity index (χ0) is 21.3. The largest absolute Gasteiger partial charge is 0.308 e. The van der Waals surface area contributed by atoms with E-state index in [0.29, 0.717) is 5.92 Å². The number of hydrazine groups is 1. The molecule has 162 valence electrons. The first-order chi connectivity index (χ1) is 15.3. The van der Waals surface area contributed by atoms with E-state index in [1.807, 2.05) is 12.1 Å². The third-order valence-electron chi connectivity index (χ3n) is 6.13. The number of rotatable bonds is 9. The second-order valence-electron chi connectivity index (χ2n) is 8.43. The van der Waals surface area contributed by atoms with Gasteiger partial charge in [-0.25, -0.2) is 9.82 Å². The van der Waals surface area contributed by atoms with Crippen molar-refractivity contribution < 1.29 is 4.39 Å². The van der Waals surface area contributed by atoms with Gasteiger partial charge in [-0.15, -0.1) is 0 Å². The summed E-state index contributed by atoms with van der Waals surface area (Å²) in [5, 5.41) is 2.30. The van der Waals surface area contributed by atoms with Gasteiger partial charge in [0.25, 0.3) is 0 Å². The molecule has 0 bridgehead atoms. The molecule has 0 spiro atoms. The summed E-state index contributed by atoms with van der Waals surface area (Å²) in [6.45, 7) is 5.04. The van der Waals surface area contributed by atoms with Gasteiger partial charge in [-0.3, -0.25) is 4.90 Å². The fourth-order valence-corrected chi connectivity index (χ4v) is 4.23. The molecule has 1 saturated heterocycles. The van der Waals surface area contributed by atoms with E-state index in [1.165, 1.54) is 29.7 Å². The highest BCUT2D eigenvalue weighted by Crippen LogP contribution is 2.20. The number of hydrogen-bond acceptors (Lipinski definition) is 3. The van der Waals surface area contributed by atoms with Crippen LogP contribution in [0.25, 0.3) is 0 Å². The summed E-state index contributed by atoms with van der Waals surface area (Å²) in [4.78, 5) is 2.48. The Kier molecular flexibility index (Phi) is 7.70. The van der Waals surface area contributed by atoms with E-state index in [2.05, 4.69) is 76.0 Å². The van der Waals surface area contributed by atoms with Gasteiger partial charge in [0.2, 0.25) is 0 Å². The van der Waals surface area contributed by atoms with E-state index in [-0.39, 0.29) is 5.82 Å². The maximum absolute atomic E-state index is 13.1. The van der Waals surface area contributed by atoms with Crippen molar-refractivity contribution in [3.63, 3.8) is 0 Å². The Labute approximate surface area is 185 Å². The first kappa shape index (κ1) is 21.5. The number of nitrogens with one attached hydrogen (secondary N) is 1. The Bertz CT molecular complexity index is 891. The van der Waals surface area contributed by atoms with Gasteiger partial charge in [0, 0.05) is 19.6 Å². The summed E-state index contributed by atoms with van der Waals surface area (Å²) in [5.74, 6) is 0.510. The van der Waals surface area contributed by atoms with Crippen LogP contribution in [0.1, 0.15) is 24.0 Å². The minimum Gasteiger partial charge on any atom is -0.308 e. The molecule has 1 aliphatic heterocycles. The van der Waals surface area contributed by atoms with Crippen molar-refractivity contribution in [3.05, 3.63) is 102 Å². The molecular formula is C27H32FN3. The van der Waals surface area contributed by atoms with Gasteiger partial charge in [0.1, 0.15) is 5.82 Å². The van der Waals surface area contributed by atoms with Crippen LogP contribution in [0.3, 0.4) is 0 Å². The Morgan fingerprint density at radius 2 is 1.45 bits per heavy atom. The summed E-state index contributed by atoms with van der Waals surface area (Å²) < 4.78 is 13.1. The summed E-state index contributed by atoms with van der Waals surface area (Å²) in [6, 6.07) is 28.2. The van der Waals surface area contributed by atoms with Gasteiger partial charge in [0.15, 0.2) is 0 Å². The highest BCUT2D eigenvalue weighted by atomic mass is 19.1. The lowest BCUT2D eigenvalue weighted by atomic mass is 9.96. The Morgan fingerprint density at radius 1 is 0.806 bits per heavy atom. The number of piperidine rings is 1. The highest BCUT2D eigenvalue weighted by molar-refractivity contribution is 5.44. The van der Waals surface area contributed by atoms with Crippen molar-refractivity contribution in [2.75, 3.05) is 31.2 Å². The molecule has 0 saturated carbocycles. The van der Waals surface area contributed by atoms with Crippen molar-refractivity contribution in [3.8, 4) is 0 Å². The molecule has 1 heterocycles. The predicted molar refractivity (Wildman–Crippen MR) is 126 cm³/mol. The van der Waals surface area contributed by atoms with Gasteiger partial charge in [-0.05, 0) is 73.7 Å². The van der Waals surface area contributed by atoms with Crippen molar-refractivity contribution in [2.45, 2.75) is 25.8 Å². The van der Waals surface area contributed by atoms with E-state index in [9.17, 15) is 4.39 Å². The number of nitrogens with zero attached hydrogens (tertiary/aromatic N) is 2. The average Bonchev–Trinajstić information content (AvgIpc) is 2.83. The van der Waals surface area contributed by atoms with E-state index >= 15 is 0 Å². The third kappa shape index (κ3) is 6.65. The zero-order valence-electron chi connectivity index (χ0n) is 18.1. The van der Waals surface area contributed by atoms with Crippen LogP contribution in [0.4, 0.5) is 10.1 Å². The molecule has 3 aromatic rings. The van der Waals surface area contributed by atoms with Crippen LogP contribution in [0, 0.1) is 11.7 Å². The number of para-hydroxylation sites is 1. The van der Waals surface area contributed by atoms with Gasteiger partial charge in [-0.2, -0.15) is 0 Å². The Balaban J connectivity index is 1.27. The summed E-state index contributed by atoms with van der Waals surface area (Å²) in [7, 11) is 0. The topological polar surface area (TPSA) is 18.5 Å². The van der Waals surface area contributed by atoms with Gasteiger partial charge in [-0.1, -0.05) is 60.7 Å². The van der Waals surface area contributed by atoms with Crippen LogP contribution < -0.4 is 10.4 Å². The van der Waals surface area contributed by atoms with E-state index in [0.717, 1.165) is 39.1 Å². The number of hydrogen-bond donors (Lipinski definition) is 1. The van der Waals surface area contributed by atoms with Crippen LogP contribution in [0.2, 0.25) is 0 Å². The molecule has 0 radical (unpaired) electrons. The first-order valence-electron chi connectivity index (χ1n) is 11.3. The summed E-state index contributed by atoms with van der Waals surface area (Å²) >= 11 is 0. The first-order valence-corrected chi connectivity index (χ1v) is 11.3. The van der Waals surface area contributed by atoms with Gasteiger partial charge < -0.3 is 5.01 Å². The molecular weight excluding hydrogens is 385 g/mol. The van der Waals surface area contributed by atoms with E-state index in [1.54, 1.807) is 12.1 Å². The molecule has 1 N–H and O–H groups in total. The highest BCUT2D eigenvalue weighted by Gasteiger charge is 2.20. The van der Waals surface area contributed by atoms with Crippen LogP contribution >= 0.6 is 0 Å². The maximum Gasteiger partial charge on any atom is 0.123 e.